The van der Waals surface area contributed by atoms with Gasteiger partial charge in [-0.15, -0.1) is 0 Å². The highest BCUT2D eigenvalue weighted by molar-refractivity contribution is 7.89. The smallest absolute Gasteiger partial charge is 0.408 e. The quantitative estimate of drug-likeness (QED) is 0.611. The van der Waals surface area contributed by atoms with Crippen LogP contribution in [0.3, 0.4) is 0 Å². The van der Waals surface area contributed by atoms with Gasteiger partial charge in [-0.25, -0.2) is 9.59 Å². The zero-order valence-corrected chi connectivity index (χ0v) is 19.8. The minimum Gasteiger partial charge on any atom is -0.458 e. The van der Waals surface area contributed by atoms with Crippen molar-refractivity contribution in [1.82, 2.24) is 5.32 Å². The van der Waals surface area contributed by atoms with Crippen molar-refractivity contribution in [2.45, 2.75) is 84.5 Å². The van der Waals surface area contributed by atoms with Gasteiger partial charge >= 0.3 is 12.1 Å². The summed E-state index contributed by atoms with van der Waals surface area (Å²) in [7, 11) is -1.43. The van der Waals surface area contributed by atoms with Gasteiger partial charge in [0.1, 0.15) is 17.2 Å². The lowest BCUT2D eigenvalue weighted by Gasteiger charge is -2.26. The molecule has 0 radical (unpaired) electrons. The number of carbonyl (C=O) groups is 2. The van der Waals surface area contributed by atoms with Crippen LogP contribution in [-0.2, 0) is 25.1 Å². The molecule has 1 unspecified atom stereocenters. The van der Waals surface area contributed by atoms with Crippen molar-refractivity contribution in [3.8, 4) is 0 Å². The first-order valence-corrected chi connectivity index (χ1v) is 12.0. The fourth-order valence-electron chi connectivity index (χ4n) is 3.96. The Morgan fingerprint density at radius 3 is 2.30 bits per heavy atom. The molecule has 7 nitrogen and oxygen atoms in total. The van der Waals surface area contributed by atoms with E-state index in [1.54, 1.807) is 41.5 Å². The Kier molecular flexibility index (Phi) is 8.13. The third-order valence-corrected chi connectivity index (χ3v) is 6.90. The lowest BCUT2D eigenvalue weighted by molar-refractivity contribution is -0.156. The number of alkyl carbamates (subject to hydrolysis) is 1. The maximum atomic E-state index is 13.1. The molecule has 0 heterocycles. The summed E-state index contributed by atoms with van der Waals surface area (Å²) in [5, 5.41) is 12.0. The van der Waals surface area contributed by atoms with Crippen molar-refractivity contribution in [2.24, 2.45) is 17.8 Å². The molecule has 0 aromatic rings. The van der Waals surface area contributed by atoms with E-state index < -0.39 is 40.1 Å². The summed E-state index contributed by atoms with van der Waals surface area (Å²) in [6.07, 6.45) is 4.63. The number of amides is 1. The largest absolute Gasteiger partial charge is 0.458 e. The molecule has 2 N–H and O–H groups in total. The van der Waals surface area contributed by atoms with Crippen LogP contribution in [0.1, 0.15) is 67.2 Å². The van der Waals surface area contributed by atoms with E-state index in [2.05, 4.69) is 5.32 Å². The van der Waals surface area contributed by atoms with Crippen molar-refractivity contribution in [1.29, 1.82) is 0 Å². The zero-order valence-electron chi connectivity index (χ0n) is 19.0. The summed E-state index contributed by atoms with van der Waals surface area (Å²) in [6, 6.07) is -1.06. The summed E-state index contributed by atoms with van der Waals surface area (Å²) in [5.74, 6) is 0.754. The second-order valence-electron chi connectivity index (χ2n) is 10.2. The summed E-state index contributed by atoms with van der Waals surface area (Å²) >= 11 is 0. The molecule has 30 heavy (non-hydrogen) atoms. The van der Waals surface area contributed by atoms with Gasteiger partial charge in [-0.1, -0.05) is 6.08 Å². The molecule has 172 valence electrons. The number of carbonyl (C=O) groups excluding carboxylic acids is 2. The van der Waals surface area contributed by atoms with Gasteiger partial charge in [-0.2, -0.15) is 0 Å². The van der Waals surface area contributed by atoms with E-state index in [1.807, 2.05) is 6.08 Å². The molecule has 0 spiro atoms. The predicted octanol–water partition coefficient (Wildman–Crippen LogP) is 3.28. The molecular formula is C22H37NO6S. The Morgan fingerprint density at radius 1 is 1.13 bits per heavy atom. The summed E-state index contributed by atoms with van der Waals surface area (Å²) in [6.45, 7) is 10.6. The average Bonchev–Trinajstić information content (AvgIpc) is 3.20. The lowest BCUT2D eigenvalue weighted by Crippen LogP contribution is -2.48. The number of allylic oxidation sites excluding steroid dienone is 2. The van der Waals surface area contributed by atoms with Gasteiger partial charge < -0.3 is 19.9 Å². The fourth-order valence-corrected chi connectivity index (χ4v) is 5.34. The maximum Gasteiger partial charge on any atom is 0.408 e. The van der Waals surface area contributed by atoms with Crippen LogP contribution in [0.15, 0.2) is 11.0 Å². The molecule has 0 saturated heterocycles. The van der Waals surface area contributed by atoms with Crippen LogP contribution in [-0.4, -0.2) is 51.0 Å². The molecule has 2 aliphatic carbocycles. The molecule has 1 amide bonds. The van der Waals surface area contributed by atoms with Gasteiger partial charge in [0.25, 0.3) is 0 Å². The monoisotopic (exact) mass is 443 g/mol. The molecule has 0 aliphatic heterocycles. The molecule has 2 rings (SSSR count). The summed E-state index contributed by atoms with van der Waals surface area (Å²) in [5.41, 5.74) is -1.44. The standard InChI is InChI=1S/C22H37NO6S/c1-21(2,3)28-19(25)18(23-20(26)29-22(4,5)6)13-30(27)14-8-7-9-15-16(11-10-14)17(15)12-24/h8,15-18,24H,7,9-13H2,1-6H3,(H,23,26)/b14-8+/t15-,16+,17-,18-,30?/m0/s1. The minimum absolute atomic E-state index is 0.0580. The van der Waals surface area contributed by atoms with Crippen LogP contribution in [0.2, 0.25) is 0 Å². The molecule has 1 saturated carbocycles. The fraction of sp³-hybridized carbons (Fsp3) is 0.818. The number of fused-ring (bicyclic) bond motifs is 1. The Bertz CT molecular complexity index is 691. The first-order chi connectivity index (χ1) is 13.8. The second kappa shape index (κ2) is 9.81. The van der Waals surface area contributed by atoms with Crippen LogP contribution in [0, 0.1) is 17.8 Å². The molecule has 1 fully saturated rings. The average molecular weight is 444 g/mol. The highest BCUT2D eigenvalue weighted by Gasteiger charge is 2.48. The van der Waals surface area contributed by atoms with Crippen molar-refractivity contribution >= 4 is 22.9 Å². The van der Waals surface area contributed by atoms with Crippen LogP contribution in [0.4, 0.5) is 4.79 Å². The van der Waals surface area contributed by atoms with Crippen molar-refractivity contribution in [3.63, 3.8) is 0 Å². The van der Waals surface area contributed by atoms with E-state index in [0.717, 1.165) is 24.2 Å². The van der Waals surface area contributed by atoms with Crippen LogP contribution in [0.25, 0.3) is 0 Å². The van der Waals surface area contributed by atoms with Crippen LogP contribution in [0.5, 0.6) is 0 Å². The van der Waals surface area contributed by atoms with E-state index in [9.17, 15) is 18.9 Å². The Hall–Kier alpha value is -1.41. The number of nitrogens with one attached hydrogen (secondary N) is 1. The highest BCUT2D eigenvalue weighted by atomic mass is 32.2. The summed E-state index contributed by atoms with van der Waals surface area (Å²) < 4.78 is 23.8. The number of hydrogen-bond donors (Lipinski definition) is 2. The normalized spacial score (nSPS) is 28.0. The van der Waals surface area contributed by atoms with Crippen molar-refractivity contribution < 1.29 is 28.4 Å². The Labute approximate surface area is 182 Å². The topological polar surface area (TPSA) is 102 Å². The van der Waals surface area contributed by atoms with Crippen molar-refractivity contribution in [3.05, 3.63) is 11.0 Å². The molecule has 8 heteroatoms. The molecular weight excluding hydrogens is 406 g/mol. The van der Waals surface area contributed by atoms with E-state index in [4.69, 9.17) is 9.47 Å². The van der Waals surface area contributed by atoms with Gasteiger partial charge in [0.15, 0.2) is 0 Å². The maximum absolute atomic E-state index is 13.1. The van der Waals surface area contributed by atoms with Crippen LogP contribution >= 0.6 is 0 Å². The van der Waals surface area contributed by atoms with E-state index >= 15 is 0 Å². The molecule has 0 aromatic heterocycles. The lowest BCUT2D eigenvalue weighted by atomic mass is 10.1. The molecule has 0 bridgehead atoms. The number of aliphatic hydroxyl groups excluding tert-OH is 1. The summed E-state index contributed by atoms with van der Waals surface area (Å²) in [4.78, 5) is 25.7. The van der Waals surface area contributed by atoms with Gasteiger partial charge in [-0.05, 0) is 85.0 Å². The van der Waals surface area contributed by atoms with E-state index in [0.29, 0.717) is 24.2 Å². The predicted molar refractivity (Wildman–Crippen MR) is 116 cm³/mol. The Balaban J connectivity index is 2.05. The first kappa shape index (κ1) is 24.9. The SMILES string of the molecule is CC(C)(C)OC(=O)N[C@@H](CS(=O)/C1=C/CC[C@@H]2[C@H](CO)[C@@H]2CC1)C(=O)OC(C)(C)C. The molecule has 2 aliphatic rings. The zero-order chi connectivity index (χ0) is 22.7. The number of aliphatic hydroxyl groups is 1. The van der Waals surface area contributed by atoms with Crippen LogP contribution < -0.4 is 5.32 Å². The van der Waals surface area contributed by atoms with Gasteiger partial charge in [0.2, 0.25) is 0 Å². The molecule has 5 atom stereocenters. The number of esters is 1. The third kappa shape index (κ3) is 7.69. The van der Waals surface area contributed by atoms with Gasteiger partial charge in [0, 0.05) is 11.5 Å². The second-order valence-corrected chi connectivity index (χ2v) is 11.8. The highest BCUT2D eigenvalue weighted by Crippen LogP contribution is 2.53. The van der Waals surface area contributed by atoms with E-state index in [-0.39, 0.29) is 12.4 Å². The Morgan fingerprint density at radius 2 is 1.73 bits per heavy atom. The number of ether oxygens (including phenoxy) is 2. The third-order valence-electron chi connectivity index (χ3n) is 5.31. The minimum atomic E-state index is -1.43. The van der Waals surface area contributed by atoms with Crippen molar-refractivity contribution in [2.75, 3.05) is 12.4 Å². The van der Waals surface area contributed by atoms with Gasteiger partial charge in [-0.3, -0.25) is 4.21 Å². The number of hydrogen-bond acceptors (Lipinski definition) is 6. The van der Waals surface area contributed by atoms with E-state index in [1.165, 1.54) is 0 Å². The molecule has 0 aromatic carbocycles. The first-order valence-electron chi connectivity index (χ1n) is 10.7. The number of rotatable bonds is 6. The van der Waals surface area contributed by atoms with Gasteiger partial charge in [0.05, 0.1) is 16.6 Å².